The van der Waals surface area contributed by atoms with Gasteiger partial charge in [-0.05, 0) is 31.0 Å². The fraction of sp³-hybridized carbons (Fsp3) is 0.552. The number of halogens is 2. The van der Waals surface area contributed by atoms with Crippen LogP contribution in [0.2, 0.25) is 0 Å². The lowest BCUT2D eigenvalue weighted by molar-refractivity contribution is -0.120. The summed E-state index contributed by atoms with van der Waals surface area (Å²) in [6.45, 7) is 11.9. The van der Waals surface area contributed by atoms with E-state index in [0.29, 0.717) is 26.1 Å². The van der Waals surface area contributed by atoms with Gasteiger partial charge >= 0.3 is 0 Å². The van der Waals surface area contributed by atoms with Crippen molar-refractivity contribution in [1.82, 2.24) is 20.1 Å². The Morgan fingerprint density at radius 1 is 1.26 bits per heavy atom. The van der Waals surface area contributed by atoms with Crippen LogP contribution in [0.5, 0.6) is 0 Å². The minimum atomic E-state index is -0.580. The zero-order chi connectivity index (χ0) is 26.3. The average molecular weight is 579 g/mol. The maximum atomic E-state index is 13.8. The van der Waals surface area contributed by atoms with Gasteiger partial charge in [0.05, 0.1) is 24.0 Å². The van der Waals surface area contributed by atoms with Gasteiger partial charge in [-0.25, -0.2) is 0 Å². The van der Waals surface area contributed by atoms with E-state index in [0.717, 1.165) is 47.6 Å². The molecule has 0 aliphatic carbocycles. The molecule has 3 atom stereocenters. The maximum Gasteiger partial charge on any atom is 0.254 e. The lowest BCUT2D eigenvalue weighted by Gasteiger charge is -2.41. The first-order valence-electron chi connectivity index (χ1n) is 13.5. The molecule has 214 valence electrons. The lowest BCUT2D eigenvalue weighted by Crippen LogP contribution is -2.60. The van der Waals surface area contributed by atoms with Crippen LogP contribution in [0.25, 0.3) is 0 Å². The molecular weight excluding hydrogens is 537 g/mol. The van der Waals surface area contributed by atoms with Gasteiger partial charge in [0, 0.05) is 67.5 Å². The molecule has 1 aromatic carbocycles. The predicted molar refractivity (Wildman–Crippen MR) is 158 cm³/mol. The van der Waals surface area contributed by atoms with Gasteiger partial charge in [0.25, 0.3) is 5.91 Å². The number of carbonyl (C=O) groups is 2. The smallest absolute Gasteiger partial charge is 0.254 e. The molecular formula is C29H41Cl2N5O3. The number of aromatic nitrogens is 1. The molecule has 8 nitrogen and oxygen atoms in total. The van der Waals surface area contributed by atoms with Crippen LogP contribution >= 0.6 is 24.8 Å². The fourth-order valence-electron chi connectivity index (χ4n) is 5.98. The molecule has 0 spiro atoms. The average Bonchev–Trinajstić information content (AvgIpc) is 3.33. The van der Waals surface area contributed by atoms with Crippen LogP contribution in [0.4, 0.5) is 5.69 Å². The van der Waals surface area contributed by atoms with Crippen molar-refractivity contribution in [2.45, 2.75) is 70.7 Å². The summed E-state index contributed by atoms with van der Waals surface area (Å²) in [4.78, 5) is 37.5. The second-order valence-electron chi connectivity index (χ2n) is 11.5. The summed E-state index contributed by atoms with van der Waals surface area (Å²) < 4.78 is 0. The lowest BCUT2D eigenvalue weighted by atomic mass is 9.91. The highest BCUT2D eigenvalue weighted by molar-refractivity contribution is 5.98. The van der Waals surface area contributed by atoms with E-state index < -0.39 is 6.10 Å². The third kappa shape index (κ3) is 6.25. The zero-order valence-corrected chi connectivity index (χ0v) is 24.9. The van der Waals surface area contributed by atoms with E-state index in [-0.39, 0.29) is 60.7 Å². The number of benzene rings is 1. The van der Waals surface area contributed by atoms with Crippen LogP contribution < -0.4 is 10.2 Å². The number of fused-ring (bicyclic) bond motifs is 2. The van der Waals surface area contributed by atoms with Gasteiger partial charge in [-0.1, -0.05) is 45.4 Å². The first-order chi connectivity index (χ1) is 17.7. The van der Waals surface area contributed by atoms with Gasteiger partial charge in [0.1, 0.15) is 0 Å². The molecule has 1 saturated heterocycles. The van der Waals surface area contributed by atoms with E-state index in [1.54, 1.807) is 6.20 Å². The van der Waals surface area contributed by atoms with Crippen molar-refractivity contribution in [3.63, 3.8) is 0 Å². The van der Waals surface area contributed by atoms with Crippen molar-refractivity contribution in [2.75, 3.05) is 37.6 Å². The molecule has 0 bridgehead atoms. The minimum absolute atomic E-state index is 0. The van der Waals surface area contributed by atoms with Gasteiger partial charge in [-0.2, -0.15) is 0 Å². The summed E-state index contributed by atoms with van der Waals surface area (Å²) in [5.41, 5.74) is 4.07. The van der Waals surface area contributed by atoms with Crippen LogP contribution in [-0.2, 0) is 16.8 Å². The summed E-state index contributed by atoms with van der Waals surface area (Å²) in [6, 6.07) is 10.1. The largest absolute Gasteiger partial charge is 0.388 e. The molecule has 2 amide bonds. The molecule has 5 rings (SSSR count). The zero-order valence-electron chi connectivity index (χ0n) is 23.2. The number of anilines is 1. The molecule has 3 aliphatic heterocycles. The number of nitrogens with one attached hydrogen (secondary N) is 1. The standard InChI is InChI=1S/C29H39N5O3.2ClH/c1-5-8-25(35)21-11-24-27(31-12-21)29(3,4)18-34(24)26(36)17-32-14-19(2)30-13-22(32)16-33-15-20-9-6-7-10-23(20)28(33)37;;/h6-7,9-12,19,22,25,30,35H,5,8,13-18H2,1-4H3;2*1H/t19-,22-,25?;;/m1../s1. The second kappa shape index (κ2) is 12.5. The molecule has 39 heavy (non-hydrogen) atoms. The fourth-order valence-corrected chi connectivity index (χ4v) is 5.98. The number of carbonyl (C=O) groups excluding carboxylic acids is 2. The van der Waals surface area contributed by atoms with E-state index in [1.807, 2.05) is 47.1 Å². The molecule has 2 N–H and O–H groups in total. The first kappa shape index (κ1) is 31.3. The summed E-state index contributed by atoms with van der Waals surface area (Å²) in [6.07, 6.45) is 2.72. The Kier molecular flexibility index (Phi) is 10.0. The van der Waals surface area contributed by atoms with Crippen molar-refractivity contribution in [3.05, 3.63) is 58.9 Å². The molecule has 3 aliphatic rings. The van der Waals surface area contributed by atoms with Crippen LogP contribution in [0.15, 0.2) is 36.5 Å². The van der Waals surface area contributed by atoms with Crippen LogP contribution in [0.3, 0.4) is 0 Å². The maximum absolute atomic E-state index is 13.8. The van der Waals surface area contributed by atoms with Crippen molar-refractivity contribution < 1.29 is 14.7 Å². The summed E-state index contributed by atoms with van der Waals surface area (Å²) in [5, 5.41) is 14.1. The van der Waals surface area contributed by atoms with Gasteiger partial charge in [0.2, 0.25) is 5.91 Å². The van der Waals surface area contributed by atoms with Crippen LogP contribution in [0.1, 0.15) is 73.8 Å². The van der Waals surface area contributed by atoms with E-state index in [2.05, 4.69) is 31.0 Å². The van der Waals surface area contributed by atoms with Crippen molar-refractivity contribution >= 4 is 42.3 Å². The van der Waals surface area contributed by atoms with Crippen molar-refractivity contribution in [3.8, 4) is 0 Å². The van der Waals surface area contributed by atoms with Crippen molar-refractivity contribution in [2.24, 2.45) is 0 Å². The molecule has 1 aromatic heterocycles. The van der Waals surface area contributed by atoms with Crippen LogP contribution in [-0.4, -0.2) is 76.5 Å². The number of hydrogen-bond donors (Lipinski definition) is 2. The Morgan fingerprint density at radius 2 is 2.00 bits per heavy atom. The van der Waals surface area contributed by atoms with Gasteiger partial charge in [-0.3, -0.25) is 19.5 Å². The molecule has 1 unspecified atom stereocenters. The number of aliphatic hydroxyl groups excluding tert-OH is 1. The summed E-state index contributed by atoms with van der Waals surface area (Å²) in [7, 11) is 0. The number of aliphatic hydroxyl groups is 1. The summed E-state index contributed by atoms with van der Waals surface area (Å²) in [5.74, 6) is 0.103. The molecule has 1 fully saturated rings. The Balaban J connectivity index is 0.00000210. The monoisotopic (exact) mass is 577 g/mol. The normalized spacial score (nSPS) is 22.5. The molecule has 2 aromatic rings. The topological polar surface area (TPSA) is 89.0 Å². The second-order valence-corrected chi connectivity index (χ2v) is 11.5. The van der Waals surface area contributed by atoms with Gasteiger partial charge in [0.15, 0.2) is 0 Å². The summed E-state index contributed by atoms with van der Waals surface area (Å²) >= 11 is 0. The van der Waals surface area contributed by atoms with Gasteiger partial charge < -0.3 is 20.2 Å². The highest BCUT2D eigenvalue weighted by Crippen LogP contribution is 2.40. The number of nitrogens with zero attached hydrogens (tertiary/aromatic N) is 4. The predicted octanol–water partition coefficient (Wildman–Crippen LogP) is 3.70. The molecule has 4 heterocycles. The Hall–Kier alpha value is -2.23. The molecule has 0 saturated carbocycles. The van der Waals surface area contributed by atoms with E-state index in [4.69, 9.17) is 4.98 Å². The van der Waals surface area contributed by atoms with E-state index in [9.17, 15) is 14.7 Å². The number of hydrogen-bond acceptors (Lipinski definition) is 6. The highest BCUT2D eigenvalue weighted by Gasteiger charge is 2.41. The van der Waals surface area contributed by atoms with Gasteiger partial charge in [-0.15, -0.1) is 24.8 Å². The SMILES string of the molecule is CCCC(O)c1cnc2c(c1)N(C(=O)CN1C[C@@H](C)NC[C@@H]1CN1Cc3ccccc3C1=O)CC2(C)C.Cl.Cl. The third-order valence-electron chi connectivity index (χ3n) is 8.01. The Bertz CT molecular complexity index is 1190. The number of amides is 2. The number of piperazine rings is 1. The quantitative estimate of drug-likeness (QED) is 0.521. The van der Waals surface area contributed by atoms with Crippen molar-refractivity contribution in [1.29, 1.82) is 0 Å². The highest BCUT2D eigenvalue weighted by atomic mass is 35.5. The number of pyridine rings is 1. The van der Waals surface area contributed by atoms with E-state index in [1.165, 1.54) is 0 Å². The Labute approximate surface area is 244 Å². The minimum Gasteiger partial charge on any atom is -0.388 e. The first-order valence-corrected chi connectivity index (χ1v) is 13.5. The Morgan fingerprint density at radius 3 is 2.72 bits per heavy atom. The third-order valence-corrected chi connectivity index (χ3v) is 8.01. The van der Waals surface area contributed by atoms with E-state index >= 15 is 0 Å². The number of rotatable bonds is 7. The molecule has 10 heteroatoms. The van der Waals surface area contributed by atoms with Crippen LogP contribution in [0, 0.1) is 0 Å². The molecule has 0 radical (unpaired) electrons.